The molecule has 5 nitrogen and oxygen atoms in total. The molecule has 0 amide bonds. The van der Waals surface area contributed by atoms with Gasteiger partial charge in [-0.15, -0.1) is 0 Å². The van der Waals surface area contributed by atoms with Gasteiger partial charge in [0, 0.05) is 23.3 Å². The summed E-state index contributed by atoms with van der Waals surface area (Å²) in [6.45, 7) is 0. The fraction of sp³-hybridized carbons (Fsp3) is 0.316. The second kappa shape index (κ2) is 6.55. The maximum absolute atomic E-state index is 9.75. The van der Waals surface area contributed by atoms with Crippen LogP contribution in [0.3, 0.4) is 0 Å². The van der Waals surface area contributed by atoms with Crippen molar-refractivity contribution in [3.05, 3.63) is 52.7 Å². The van der Waals surface area contributed by atoms with E-state index in [1.807, 2.05) is 30.3 Å². The van der Waals surface area contributed by atoms with Crippen LogP contribution in [0.1, 0.15) is 11.5 Å². The van der Waals surface area contributed by atoms with Crippen molar-refractivity contribution in [2.24, 2.45) is 17.1 Å². The minimum absolute atomic E-state index is 0.0650. The lowest BCUT2D eigenvalue weighted by atomic mass is 9.61. The van der Waals surface area contributed by atoms with Crippen LogP contribution < -0.4 is 10.5 Å². The number of nitriles is 3. The zero-order valence-electron chi connectivity index (χ0n) is 13.7. The molecule has 2 aliphatic rings. The van der Waals surface area contributed by atoms with Gasteiger partial charge in [0.1, 0.15) is 5.75 Å². The third kappa shape index (κ3) is 2.45. The zero-order valence-corrected chi connectivity index (χ0v) is 14.5. The van der Waals surface area contributed by atoms with Crippen molar-refractivity contribution in [2.75, 3.05) is 18.6 Å². The van der Waals surface area contributed by atoms with E-state index in [2.05, 4.69) is 18.2 Å². The van der Waals surface area contributed by atoms with Gasteiger partial charge in [-0.05, 0) is 23.3 Å². The van der Waals surface area contributed by atoms with Crippen LogP contribution in [0.25, 0.3) is 0 Å². The van der Waals surface area contributed by atoms with Gasteiger partial charge in [-0.1, -0.05) is 18.2 Å². The first-order valence-electron chi connectivity index (χ1n) is 7.78. The summed E-state index contributed by atoms with van der Waals surface area (Å²) in [6.07, 6.45) is 1.93. The first-order valence-corrected chi connectivity index (χ1v) is 8.93. The molecule has 6 heteroatoms. The monoisotopic (exact) mass is 348 g/mol. The van der Waals surface area contributed by atoms with Gasteiger partial charge in [-0.25, -0.2) is 0 Å². The highest BCUT2D eigenvalue weighted by molar-refractivity contribution is 7.99. The number of ether oxygens (including phenoxy) is 1. The van der Waals surface area contributed by atoms with Crippen molar-refractivity contribution in [2.45, 2.75) is 5.92 Å². The average molecular weight is 348 g/mol. The first kappa shape index (κ1) is 17.0. The number of nitrogens with two attached hydrogens (primary N) is 1. The summed E-state index contributed by atoms with van der Waals surface area (Å²) in [5.74, 6) is 1.85. The molecule has 2 atom stereocenters. The number of hydrogen-bond acceptors (Lipinski definition) is 6. The van der Waals surface area contributed by atoms with E-state index in [1.165, 1.54) is 0 Å². The summed E-state index contributed by atoms with van der Waals surface area (Å²) in [5, 5.41) is 29.2. The molecular formula is C19H16N4OS. The summed E-state index contributed by atoms with van der Waals surface area (Å²) in [5.41, 5.74) is 6.72. The summed E-state index contributed by atoms with van der Waals surface area (Å²) < 4.78 is 5.20. The van der Waals surface area contributed by atoms with Gasteiger partial charge in [0.25, 0.3) is 0 Å². The number of hydrogen-bond donors (Lipinski definition) is 1. The van der Waals surface area contributed by atoms with E-state index >= 15 is 0 Å². The first-order chi connectivity index (χ1) is 12.1. The number of methoxy groups -OCH3 is 1. The lowest BCUT2D eigenvalue weighted by Gasteiger charge is -2.42. The van der Waals surface area contributed by atoms with Crippen LogP contribution in [0.15, 0.2) is 47.2 Å². The van der Waals surface area contributed by atoms with Crippen LogP contribution in [-0.4, -0.2) is 18.6 Å². The Morgan fingerprint density at radius 3 is 2.44 bits per heavy atom. The fourth-order valence-corrected chi connectivity index (χ4v) is 4.69. The Morgan fingerprint density at radius 1 is 1.20 bits per heavy atom. The highest BCUT2D eigenvalue weighted by Crippen LogP contribution is 2.53. The Labute approximate surface area is 151 Å². The summed E-state index contributed by atoms with van der Waals surface area (Å²) in [7, 11) is 1.60. The fourth-order valence-electron chi connectivity index (χ4n) is 3.63. The van der Waals surface area contributed by atoms with Gasteiger partial charge in [-0.2, -0.15) is 27.5 Å². The van der Waals surface area contributed by atoms with Gasteiger partial charge in [-0.3, -0.25) is 0 Å². The third-order valence-electron chi connectivity index (χ3n) is 4.89. The maximum atomic E-state index is 9.75. The molecule has 0 saturated heterocycles. The quantitative estimate of drug-likeness (QED) is 0.824. The van der Waals surface area contributed by atoms with Gasteiger partial charge in [0.2, 0.25) is 5.41 Å². The molecule has 0 saturated carbocycles. The third-order valence-corrected chi connectivity index (χ3v) is 5.89. The molecular weight excluding hydrogens is 332 g/mol. The van der Waals surface area contributed by atoms with Crippen LogP contribution in [-0.2, 0) is 0 Å². The summed E-state index contributed by atoms with van der Waals surface area (Å²) >= 11 is 1.73. The Kier molecular flexibility index (Phi) is 4.45. The van der Waals surface area contributed by atoms with Crippen LogP contribution in [0.4, 0.5) is 0 Å². The van der Waals surface area contributed by atoms with Crippen molar-refractivity contribution in [1.82, 2.24) is 0 Å². The van der Waals surface area contributed by atoms with Crippen molar-refractivity contribution in [1.29, 1.82) is 15.8 Å². The van der Waals surface area contributed by atoms with Crippen molar-refractivity contribution in [3.63, 3.8) is 0 Å². The molecule has 1 aromatic rings. The van der Waals surface area contributed by atoms with E-state index in [9.17, 15) is 15.8 Å². The van der Waals surface area contributed by atoms with Gasteiger partial charge in [0.15, 0.2) is 0 Å². The molecule has 1 aliphatic heterocycles. The molecule has 0 fully saturated rings. The van der Waals surface area contributed by atoms with Gasteiger partial charge in [0.05, 0.1) is 36.6 Å². The van der Waals surface area contributed by atoms with E-state index in [4.69, 9.17) is 10.5 Å². The predicted molar refractivity (Wildman–Crippen MR) is 95.1 cm³/mol. The van der Waals surface area contributed by atoms with Crippen LogP contribution in [0.5, 0.6) is 5.75 Å². The summed E-state index contributed by atoms with van der Waals surface area (Å²) in [4.78, 5) is 0. The van der Waals surface area contributed by atoms with E-state index in [0.717, 1.165) is 28.4 Å². The van der Waals surface area contributed by atoms with Crippen molar-refractivity contribution < 1.29 is 4.74 Å². The van der Waals surface area contributed by atoms with Crippen molar-refractivity contribution in [3.8, 4) is 24.0 Å². The van der Waals surface area contributed by atoms with E-state index in [-0.39, 0.29) is 17.5 Å². The molecule has 1 aliphatic carbocycles. The predicted octanol–water partition coefficient (Wildman–Crippen LogP) is 2.85. The lowest BCUT2D eigenvalue weighted by molar-refractivity contribution is 0.414. The van der Waals surface area contributed by atoms with Crippen LogP contribution in [0, 0.1) is 45.3 Å². The molecule has 25 heavy (non-hydrogen) atoms. The normalized spacial score (nSPS) is 24.2. The standard InChI is InChI=1S/C19H16N4OS/c1-24-13-4-2-12(3-5-13)17-14(8-20)18(23)19(10-21,11-22)16-6-7-25-9-15(16)17/h2-6,15,17H,7,9,23H2,1H3/t15-,17-/m0/s1. The molecule has 0 unspecified atom stereocenters. The minimum Gasteiger partial charge on any atom is -0.497 e. The molecule has 2 N–H and O–H groups in total. The molecule has 124 valence electrons. The number of allylic oxidation sites excluding steroid dienone is 2. The Hall–Kier alpha value is -2.88. The maximum Gasteiger partial charge on any atom is 0.204 e. The summed E-state index contributed by atoms with van der Waals surface area (Å²) in [6, 6.07) is 13.8. The van der Waals surface area contributed by atoms with Gasteiger partial charge >= 0.3 is 0 Å². The minimum atomic E-state index is -1.54. The Morgan fingerprint density at radius 2 is 1.88 bits per heavy atom. The van der Waals surface area contributed by atoms with Crippen molar-refractivity contribution >= 4 is 11.8 Å². The Balaban J connectivity index is 2.25. The number of fused-ring (bicyclic) bond motifs is 1. The molecule has 1 heterocycles. The van der Waals surface area contributed by atoms with E-state index in [1.54, 1.807) is 18.9 Å². The topological polar surface area (TPSA) is 107 Å². The van der Waals surface area contributed by atoms with E-state index in [0.29, 0.717) is 5.57 Å². The van der Waals surface area contributed by atoms with Gasteiger partial charge < -0.3 is 10.5 Å². The molecule has 0 aromatic heterocycles. The smallest absolute Gasteiger partial charge is 0.204 e. The number of rotatable bonds is 2. The largest absolute Gasteiger partial charge is 0.497 e. The lowest BCUT2D eigenvalue weighted by Crippen LogP contribution is -2.41. The SMILES string of the molecule is COc1ccc([C@H]2C(C#N)=C(N)C(C#N)(C#N)C3=CCSC[C@@H]32)cc1. The highest BCUT2D eigenvalue weighted by atomic mass is 32.2. The second-order valence-electron chi connectivity index (χ2n) is 5.97. The van der Waals surface area contributed by atoms with Crippen LogP contribution >= 0.6 is 11.8 Å². The highest BCUT2D eigenvalue weighted by Gasteiger charge is 2.51. The molecule has 0 bridgehead atoms. The number of thioether (sulfide) groups is 1. The second-order valence-corrected chi connectivity index (χ2v) is 7.04. The molecule has 0 spiro atoms. The number of benzene rings is 1. The zero-order chi connectivity index (χ0) is 18.0. The molecule has 1 aromatic carbocycles. The average Bonchev–Trinajstić information content (AvgIpc) is 2.68. The number of nitrogens with zero attached hydrogens (tertiary/aromatic N) is 3. The molecule has 3 rings (SSSR count). The molecule has 0 radical (unpaired) electrons. The van der Waals surface area contributed by atoms with E-state index < -0.39 is 5.41 Å². The van der Waals surface area contributed by atoms with Crippen LogP contribution in [0.2, 0.25) is 0 Å². The Bertz CT molecular complexity index is 866.